The Bertz CT molecular complexity index is 739. The van der Waals surface area contributed by atoms with Gasteiger partial charge >= 0.3 is 11.9 Å². The van der Waals surface area contributed by atoms with Gasteiger partial charge in [-0.15, -0.1) is 0 Å². The highest BCUT2D eigenvalue weighted by Gasteiger charge is 2.44. The van der Waals surface area contributed by atoms with Gasteiger partial charge in [-0.25, -0.2) is 9.59 Å². The van der Waals surface area contributed by atoms with Gasteiger partial charge in [0.25, 0.3) is 0 Å². The number of hydrogen-bond donors (Lipinski definition) is 0. The Hall–Kier alpha value is -2.33. The molecule has 0 saturated carbocycles. The first-order valence-corrected chi connectivity index (χ1v) is 7.15. The SMILES string of the molecule is CC1(C(=O)Oc2ccc(Cl)cc2)Cc2ccccc2C(=O)O1. The van der Waals surface area contributed by atoms with Gasteiger partial charge in [0.15, 0.2) is 0 Å². The molecule has 3 rings (SSSR count). The number of carbonyl (C=O) groups is 2. The lowest BCUT2D eigenvalue weighted by atomic mass is 9.90. The van der Waals surface area contributed by atoms with Gasteiger partial charge in [-0.3, -0.25) is 0 Å². The molecular weight excluding hydrogens is 304 g/mol. The highest BCUT2D eigenvalue weighted by atomic mass is 35.5. The molecule has 0 saturated heterocycles. The van der Waals surface area contributed by atoms with Gasteiger partial charge in [0, 0.05) is 11.4 Å². The molecule has 1 aliphatic rings. The fraction of sp³-hybridized carbons (Fsp3) is 0.176. The molecule has 2 aromatic carbocycles. The van der Waals surface area contributed by atoms with Crippen LogP contribution in [0.3, 0.4) is 0 Å². The Morgan fingerprint density at radius 2 is 1.86 bits per heavy atom. The van der Waals surface area contributed by atoms with E-state index in [4.69, 9.17) is 21.1 Å². The molecule has 1 atom stereocenters. The number of halogens is 1. The van der Waals surface area contributed by atoms with Crippen LogP contribution in [0.25, 0.3) is 0 Å². The Morgan fingerprint density at radius 3 is 2.59 bits per heavy atom. The minimum atomic E-state index is -1.34. The Labute approximate surface area is 132 Å². The number of carbonyl (C=O) groups excluding carboxylic acids is 2. The summed E-state index contributed by atoms with van der Waals surface area (Å²) in [7, 11) is 0. The number of cyclic esters (lactones) is 1. The van der Waals surface area contributed by atoms with Gasteiger partial charge in [-0.1, -0.05) is 29.8 Å². The summed E-state index contributed by atoms with van der Waals surface area (Å²) >= 11 is 5.79. The summed E-state index contributed by atoms with van der Waals surface area (Å²) in [5.74, 6) is -0.777. The van der Waals surface area contributed by atoms with Gasteiger partial charge in [0.1, 0.15) is 5.75 Å². The topological polar surface area (TPSA) is 52.6 Å². The number of hydrogen-bond acceptors (Lipinski definition) is 4. The van der Waals surface area contributed by atoms with Crippen LogP contribution in [0.5, 0.6) is 5.75 Å². The zero-order valence-electron chi connectivity index (χ0n) is 11.8. The molecular formula is C17H13ClO4. The number of benzene rings is 2. The third-order valence-electron chi connectivity index (χ3n) is 3.54. The van der Waals surface area contributed by atoms with Crippen molar-refractivity contribution in [1.82, 2.24) is 0 Å². The van der Waals surface area contributed by atoms with Crippen LogP contribution < -0.4 is 4.74 Å². The van der Waals surface area contributed by atoms with Crippen LogP contribution in [0, 0.1) is 0 Å². The van der Waals surface area contributed by atoms with E-state index in [0.29, 0.717) is 16.3 Å². The van der Waals surface area contributed by atoms with Gasteiger partial charge in [0.2, 0.25) is 5.60 Å². The van der Waals surface area contributed by atoms with Crippen molar-refractivity contribution in [3.63, 3.8) is 0 Å². The van der Waals surface area contributed by atoms with Gasteiger partial charge in [0.05, 0.1) is 5.56 Å². The number of fused-ring (bicyclic) bond motifs is 1. The summed E-state index contributed by atoms with van der Waals surface area (Å²) in [5.41, 5.74) is -0.0843. The first-order chi connectivity index (χ1) is 10.5. The van der Waals surface area contributed by atoms with Gasteiger partial charge in [-0.2, -0.15) is 0 Å². The van der Waals surface area contributed by atoms with E-state index < -0.39 is 17.5 Å². The molecule has 0 aromatic heterocycles. The summed E-state index contributed by atoms with van der Waals surface area (Å²) in [5, 5.41) is 0.545. The molecule has 0 N–H and O–H groups in total. The minimum Gasteiger partial charge on any atom is -0.443 e. The van der Waals surface area contributed by atoms with E-state index in [1.165, 1.54) is 0 Å². The largest absolute Gasteiger partial charge is 0.443 e. The average molecular weight is 317 g/mol. The van der Waals surface area contributed by atoms with Crippen LogP contribution in [0.4, 0.5) is 0 Å². The second-order valence-corrected chi connectivity index (χ2v) is 5.73. The Morgan fingerprint density at radius 1 is 1.18 bits per heavy atom. The third-order valence-corrected chi connectivity index (χ3v) is 3.79. The lowest BCUT2D eigenvalue weighted by Crippen LogP contribution is -2.48. The van der Waals surface area contributed by atoms with Gasteiger partial charge < -0.3 is 9.47 Å². The maximum Gasteiger partial charge on any atom is 0.356 e. The summed E-state index contributed by atoms with van der Waals surface area (Å²) in [6.07, 6.45) is 0.279. The van der Waals surface area contributed by atoms with Crippen LogP contribution in [0.15, 0.2) is 48.5 Å². The molecule has 0 fully saturated rings. The van der Waals surface area contributed by atoms with Crippen molar-refractivity contribution in [2.45, 2.75) is 18.9 Å². The lowest BCUT2D eigenvalue weighted by molar-refractivity contribution is -0.155. The third kappa shape index (κ3) is 2.70. The maximum absolute atomic E-state index is 12.4. The van der Waals surface area contributed by atoms with Crippen molar-refractivity contribution in [1.29, 1.82) is 0 Å². The first-order valence-electron chi connectivity index (χ1n) is 6.77. The molecule has 112 valence electrons. The second kappa shape index (κ2) is 5.46. The van der Waals surface area contributed by atoms with Crippen molar-refractivity contribution in [3.8, 4) is 5.75 Å². The van der Waals surface area contributed by atoms with Crippen molar-refractivity contribution < 1.29 is 19.1 Å². The molecule has 4 nitrogen and oxygen atoms in total. The van der Waals surface area contributed by atoms with E-state index in [1.807, 2.05) is 12.1 Å². The molecule has 0 radical (unpaired) electrons. The van der Waals surface area contributed by atoms with Crippen LogP contribution in [-0.2, 0) is 16.0 Å². The fourth-order valence-corrected chi connectivity index (χ4v) is 2.49. The molecule has 1 heterocycles. The zero-order valence-corrected chi connectivity index (χ0v) is 12.6. The molecule has 0 aliphatic carbocycles. The highest BCUT2D eigenvalue weighted by molar-refractivity contribution is 6.30. The molecule has 22 heavy (non-hydrogen) atoms. The predicted octanol–water partition coefficient (Wildman–Crippen LogP) is 3.42. The fourth-order valence-electron chi connectivity index (χ4n) is 2.36. The minimum absolute atomic E-state index is 0.279. The maximum atomic E-state index is 12.4. The highest BCUT2D eigenvalue weighted by Crippen LogP contribution is 2.29. The molecule has 0 spiro atoms. The summed E-state index contributed by atoms with van der Waals surface area (Å²) in [4.78, 5) is 24.5. The molecule has 0 amide bonds. The predicted molar refractivity (Wildman–Crippen MR) is 81.1 cm³/mol. The van der Waals surface area contributed by atoms with Crippen molar-refractivity contribution in [3.05, 3.63) is 64.7 Å². The van der Waals surface area contributed by atoms with Crippen molar-refractivity contribution in [2.24, 2.45) is 0 Å². The van der Waals surface area contributed by atoms with Crippen molar-refractivity contribution >= 4 is 23.5 Å². The molecule has 0 bridgehead atoms. The first kappa shape index (κ1) is 14.6. The van der Waals surface area contributed by atoms with Gasteiger partial charge in [-0.05, 0) is 42.8 Å². The Balaban J connectivity index is 1.83. The second-order valence-electron chi connectivity index (χ2n) is 5.30. The number of rotatable bonds is 2. The van der Waals surface area contributed by atoms with Crippen LogP contribution >= 0.6 is 11.6 Å². The van der Waals surface area contributed by atoms with Crippen LogP contribution in [0.1, 0.15) is 22.8 Å². The monoisotopic (exact) mass is 316 g/mol. The molecule has 1 unspecified atom stereocenters. The van der Waals surface area contributed by atoms with E-state index >= 15 is 0 Å². The average Bonchev–Trinajstić information content (AvgIpc) is 2.49. The summed E-state index contributed by atoms with van der Waals surface area (Å²) < 4.78 is 10.6. The zero-order chi connectivity index (χ0) is 15.7. The van der Waals surface area contributed by atoms with E-state index in [9.17, 15) is 9.59 Å². The quantitative estimate of drug-likeness (QED) is 0.629. The van der Waals surface area contributed by atoms with Crippen LogP contribution in [-0.4, -0.2) is 17.5 Å². The van der Waals surface area contributed by atoms with E-state index in [2.05, 4.69) is 0 Å². The van der Waals surface area contributed by atoms with E-state index in [0.717, 1.165) is 5.56 Å². The van der Waals surface area contributed by atoms with E-state index in [-0.39, 0.29) is 6.42 Å². The van der Waals surface area contributed by atoms with Crippen LogP contribution in [0.2, 0.25) is 5.02 Å². The normalized spacial score (nSPS) is 20.0. The molecule has 5 heteroatoms. The molecule has 1 aliphatic heterocycles. The standard InChI is InChI=1S/C17H13ClO4/c1-17(16(20)21-13-8-6-12(18)7-9-13)10-11-4-2-3-5-14(11)15(19)22-17/h2-9H,10H2,1H3. The lowest BCUT2D eigenvalue weighted by Gasteiger charge is -2.32. The summed E-state index contributed by atoms with van der Waals surface area (Å²) in [6, 6.07) is 13.5. The number of ether oxygens (including phenoxy) is 2. The summed E-state index contributed by atoms with van der Waals surface area (Å²) in [6.45, 7) is 1.55. The smallest absolute Gasteiger partial charge is 0.356 e. The van der Waals surface area contributed by atoms with Crippen molar-refractivity contribution in [2.75, 3.05) is 0 Å². The Kier molecular flexibility index (Phi) is 3.62. The molecule has 2 aromatic rings. The van der Waals surface area contributed by atoms with E-state index in [1.54, 1.807) is 43.3 Å². The number of esters is 2.